The number of hydrogen-bond donors (Lipinski definition) is 3. The summed E-state index contributed by atoms with van der Waals surface area (Å²) >= 11 is 11.1. The minimum Gasteiger partial charge on any atom is -0.341 e. The van der Waals surface area contributed by atoms with Crippen molar-refractivity contribution in [3.05, 3.63) is 0 Å². The molecule has 0 saturated carbocycles. The van der Waals surface area contributed by atoms with Crippen molar-refractivity contribution in [1.29, 1.82) is 0 Å². The second-order valence-electron chi connectivity index (χ2n) is 3.50. The molecule has 0 amide bonds. The largest absolute Gasteiger partial charge is 0.341 e. The lowest BCUT2D eigenvalue weighted by Gasteiger charge is -2.28. The molecule has 0 rings (SSSR count). The number of rotatable bonds is 7. The summed E-state index contributed by atoms with van der Waals surface area (Å²) in [5.74, 6) is -3.03. The lowest BCUT2D eigenvalue weighted by Crippen LogP contribution is -2.46. The fourth-order valence-corrected chi connectivity index (χ4v) is 1.39. The fraction of sp³-hybridized carbons (Fsp3) is 1.00. The standard InChI is InChI=1S/C9H18Cl2O3/c1-2-3-4-5-6-7-8(10,11)9(12,13)14/h12-14H,2-7H2,1H3. The first-order valence-electron chi connectivity index (χ1n) is 4.86. The van der Waals surface area contributed by atoms with E-state index in [1.165, 1.54) is 0 Å². The van der Waals surface area contributed by atoms with Crippen molar-refractivity contribution < 1.29 is 15.3 Å². The van der Waals surface area contributed by atoms with E-state index in [-0.39, 0.29) is 6.42 Å². The zero-order valence-electron chi connectivity index (χ0n) is 8.34. The van der Waals surface area contributed by atoms with E-state index in [1.54, 1.807) is 0 Å². The van der Waals surface area contributed by atoms with Crippen molar-refractivity contribution in [2.45, 2.75) is 55.8 Å². The zero-order chi connectivity index (χ0) is 11.2. The van der Waals surface area contributed by atoms with Crippen molar-refractivity contribution in [2.75, 3.05) is 0 Å². The molecule has 0 unspecified atom stereocenters. The van der Waals surface area contributed by atoms with Crippen LogP contribution in [-0.2, 0) is 0 Å². The van der Waals surface area contributed by atoms with Crippen LogP contribution < -0.4 is 0 Å². The van der Waals surface area contributed by atoms with Gasteiger partial charge >= 0.3 is 5.97 Å². The highest BCUT2D eigenvalue weighted by molar-refractivity contribution is 6.49. The first kappa shape index (κ1) is 14.5. The first-order chi connectivity index (χ1) is 6.31. The van der Waals surface area contributed by atoms with Crippen LogP contribution in [0.3, 0.4) is 0 Å². The quantitative estimate of drug-likeness (QED) is 0.366. The lowest BCUT2D eigenvalue weighted by atomic mass is 10.1. The molecule has 0 aromatic heterocycles. The molecule has 3 nitrogen and oxygen atoms in total. The van der Waals surface area contributed by atoms with Crippen LogP contribution in [0.15, 0.2) is 0 Å². The third kappa shape index (κ3) is 5.37. The molecule has 0 fully saturated rings. The van der Waals surface area contributed by atoms with Gasteiger partial charge in [-0.25, -0.2) is 0 Å². The molecular formula is C9H18Cl2O3. The minimum absolute atomic E-state index is 0.156. The predicted molar refractivity (Wildman–Crippen MR) is 57.2 cm³/mol. The molecule has 86 valence electrons. The van der Waals surface area contributed by atoms with Gasteiger partial charge in [0.25, 0.3) is 0 Å². The van der Waals surface area contributed by atoms with E-state index in [0.717, 1.165) is 25.7 Å². The Kier molecular flexibility index (Phi) is 6.33. The molecule has 3 N–H and O–H groups in total. The Morgan fingerprint density at radius 1 is 0.929 bits per heavy atom. The smallest absolute Gasteiger partial charge is 0.310 e. The van der Waals surface area contributed by atoms with Crippen LogP contribution in [0.1, 0.15) is 45.4 Å². The van der Waals surface area contributed by atoms with Gasteiger partial charge in [-0.2, -0.15) is 0 Å². The summed E-state index contributed by atoms with van der Waals surface area (Å²) in [7, 11) is 0. The lowest BCUT2D eigenvalue weighted by molar-refractivity contribution is -0.320. The second-order valence-corrected chi connectivity index (χ2v) is 4.99. The normalized spacial score (nSPS) is 13.3. The van der Waals surface area contributed by atoms with Gasteiger partial charge < -0.3 is 15.3 Å². The molecule has 14 heavy (non-hydrogen) atoms. The van der Waals surface area contributed by atoms with Gasteiger partial charge in [-0.15, -0.1) is 0 Å². The highest BCUT2D eigenvalue weighted by Crippen LogP contribution is 2.35. The van der Waals surface area contributed by atoms with E-state index in [0.29, 0.717) is 6.42 Å². The summed E-state index contributed by atoms with van der Waals surface area (Å²) in [5, 5.41) is 26.4. The van der Waals surface area contributed by atoms with Gasteiger partial charge in [0.1, 0.15) is 0 Å². The van der Waals surface area contributed by atoms with Crippen molar-refractivity contribution in [1.82, 2.24) is 0 Å². The molecule has 5 heteroatoms. The van der Waals surface area contributed by atoms with Crippen molar-refractivity contribution in [2.24, 2.45) is 0 Å². The molecule has 0 atom stereocenters. The highest BCUT2D eigenvalue weighted by Gasteiger charge is 2.45. The van der Waals surface area contributed by atoms with E-state index >= 15 is 0 Å². The van der Waals surface area contributed by atoms with Crippen LogP contribution in [-0.4, -0.2) is 25.6 Å². The van der Waals surface area contributed by atoms with Gasteiger partial charge in [0.15, 0.2) is 4.33 Å². The zero-order valence-corrected chi connectivity index (χ0v) is 9.85. The van der Waals surface area contributed by atoms with E-state index in [1.807, 2.05) is 0 Å². The van der Waals surface area contributed by atoms with Crippen molar-refractivity contribution >= 4 is 23.2 Å². The van der Waals surface area contributed by atoms with Crippen molar-refractivity contribution in [3.63, 3.8) is 0 Å². The van der Waals surface area contributed by atoms with Crippen LogP contribution in [0, 0.1) is 0 Å². The third-order valence-electron chi connectivity index (χ3n) is 2.09. The Balaban J connectivity index is 3.67. The molecule has 0 aromatic rings. The molecule has 0 aliphatic heterocycles. The maximum absolute atomic E-state index is 8.80. The molecule has 0 heterocycles. The Morgan fingerprint density at radius 3 is 1.86 bits per heavy atom. The summed E-state index contributed by atoms with van der Waals surface area (Å²) in [6, 6.07) is 0. The number of hydrogen-bond acceptors (Lipinski definition) is 3. The summed E-state index contributed by atoms with van der Waals surface area (Å²) in [6.07, 6.45) is 5.08. The van der Waals surface area contributed by atoms with E-state index in [4.69, 9.17) is 38.5 Å². The highest BCUT2D eigenvalue weighted by atomic mass is 35.5. The summed E-state index contributed by atoms with van der Waals surface area (Å²) in [5.41, 5.74) is 0. The van der Waals surface area contributed by atoms with E-state index in [2.05, 4.69) is 6.92 Å². The summed E-state index contributed by atoms with van der Waals surface area (Å²) in [6.45, 7) is 2.10. The Labute approximate surface area is 94.6 Å². The van der Waals surface area contributed by atoms with Gasteiger partial charge in [0.2, 0.25) is 0 Å². The number of aliphatic hydroxyl groups is 3. The number of halogens is 2. The molecule has 0 spiro atoms. The fourth-order valence-electron chi connectivity index (χ4n) is 1.12. The van der Waals surface area contributed by atoms with Gasteiger partial charge in [0.05, 0.1) is 0 Å². The number of unbranched alkanes of at least 4 members (excludes halogenated alkanes) is 4. The monoisotopic (exact) mass is 244 g/mol. The molecule has 0 aliphatic rings. The Hall–Kier alpha value is 0.460. The summed E-state index contributed by atoms with van der Waals surface area (Å²) in [4.78, 5) is 0. The van der Waals surface area contributed by atoms with Crippen LogP contribution in [0.25, 0.3) is 0 Å². The first-order valence-corrected chi connectivity index (χ1v) is 5.62. The SMILES string of the molecule is CCCCCCCC(Cl)(Cl)C(O)(O)O. The van der Waals surface area contributed by atoms with Crippen LogP contribution in [0.2, 0.25) is 0 Å². The summed E-state index contributed by atoms with van der Waals surface area (Å²) < 4.78 is -1.90. The second kappa shape index (κ2) is 6.13. The average molecular weight is 245 g/mol. The van der Waals surface area contributed by atoms with E-state index < -0.39 is 10.3 Å². The molecule has 0 saturated heterocycles. The maximum Gasteiger partial charge on any atom is 0.310 e. The molecular weight excluding hydrogens is 227 g/mol. The van der Waals surface area contributed by atoms with Crippen molar-refractivity contribution in [3.8, 4) is 0 Å². The molecule has 0 radical (unpaired) electrons. The van der Waals surface area contributed by atoms with E-state index in [9.17, 15) is 0 Å². The van der Waals surface area contributed by atoms with Gasteiger partial charge in [-0.3, -0.25) is 0 Å². The van der Waals surface area contributed by atoms with Crippen LogP contribution in [0.4, 0.5) is 0 Å². The minimum atomic E-state index is -3.03. The maximum atomic E-state index is 8.80. The van der Waals surface area contributed by atoms with Gasteiger partial charge in [-0.05, 0) is 6.42 Å². The third-order valence-corrected chi connectivity index (χ3v) is 2.97. The number of alkyl halides is 2. The van der Waals surface area contributed by atoms with Crippen LogP contribution in [0.5, 0.6) is 0 Å². The Bertz CT molecular complexity index is 155. The molecule has 0 aliphatic carbocycles. The van der Waals surface area contributed by atoms with Crippen LogP contribution >= 0.6 is 23.2 Å². The predicted octanol–water partition coefficient (Wildman–Crippen LogP) is 2.15. The topological polar surface area (TPSA) is 60.7 Å². The van der Waals surface area contributed by atoms with Gasteiger partial charge in [-0.1, -0.05) is 62.2 Å². The average Bonchev–Trinajstić information content (AvgIpc) is 2.02. The van der Waals surface area contributed by atoms with Gasteiger partial charge in [0, 0.05) is 0 Å². The molecule has 0 bridgehead atoms. The molecule has 0 aromatic carbocycles. The Morgan fingerprint density at radius 2 is 1.43 bits per heavy atom.